The van der Waals surface area contributed by atoms with Gasteiger partial charge in [0.05, 0.1) is 17.2 Å². The minimum atomic E-state index is -0.498. The normalized spacial score (nSPS) is 18.8. The molecule has 2 heterocycles. The summed E-state index contributed by atoms with van der Waals surface area (Å²) in [4.78, 5) is 24.1. The number of aliphatic hydroxyl groups excluding tert-OH is 1. The second kappa shape index (κ2) is 5.40. The van der Waals surface area contributed by atoms with Crippen molar-refractivity contribution >= 4 is 11.6 Å². The summed E-state index contributed by atoms with van der Waals surface area (Å²) in [6.07, 6.45) is 2.24. The first kappa shape index (κ1) is 13.5. The van der Waals surface area contributed by atoms with E-state index in [-0.39, 0.29) is 11.6 Å². The zero-order valence-electron chi connectivity index (χ0n) is 10.8. The van der Waals surface area contributed by atoms with Crippen molar-refractivity contribution in [3.05, 3.63) is 28.1 Å². The minimum Gasteiger partial charge on any atom is -0.391 e. The lowest BCUT2D eigenvalue weighted by molar-refractivity contribution is -0.384. The Morgan fingerprint density at radius 1 is 1.63 bits per heavy atom. The van der Waals surface area contributed by atoms with E-state index in [0.29, 0.717) is 31.7 Å². The van der Waals surface area contributed by atoms with E-state index in [1.165, 1.54) is 17.2 Å². The second-order valence-electron chi connectivity index (χ2n) is 4.73. The van der Waals surface area contributed by atoms with Gasteiger partial charge in [0.15, 0.2) is 0 Å². The number of likely N-dealkylation sites (tertiary alicyclic amines) is 1. The van der Waals surface area contributed by atoms with Crippen molar-refractivity contribution in [3.63, 3.8) is 0 Å². The SMILES string of the molecule is CCCn1cc([N+](=O)[O-])cc1C(=O)N1CC[C@@H](O)C1. The molecule has 1 atom stereocenters. The fourth-order valence-electron chi connectivity index (χ4n) is 2.29. The fraction of sp³-hybridized carbons (Fsp3) is 0.583. The summed E-state index contributed by atoms with van der Waals surface area (Å²) in [6, 6.07) is 1.31. The molecule has 1 N–H and O–H groups in total. The number of carbonyl (C=O) groups is 1. The molecule has 7 nitrogen and oxygen atoms in total. The van der Waals surface area contributed by atoms with Crippen LogP contribution in [0.1, 0.15) is 30.3 Å². The largest absolute Gasteiger partial charge is 0.391 e. The third kappa shape index (κ3) is 2.76. The predicted molar refractivity (Wildman–Crippen MR) is 67.9 cm³/mol. The number of rotatable bonds is 4. The van der Waals surface area contributed by atoms with Gasteiger partial charge in [-0.1, -0.05) is 6.92 Å². The number of aromatic nitrogens is 1. The van der Waals surface area contributed by atoms with Crippen LogP contribution < -0.4 is 0 Å². The minimum absolute atomic E-state index is 0.0726. The maximum Gasteiger partial charge on any atom is 0.287 e. The van der Waals surface area contributed by atoms with Gasteiger partial charge in [0, 0.05) is 25.7 Å². The van der Waals surface area contributed by atoms with E-state index in [9.17, 15) is 20.0 Å². The lowest BCUT2D eigenvalue weighted by atomic mass is 10.3. The molecule has 0 radical (unpaired) electrons. The zero-order valence-corrected chi connectivity index (χ0v) is 10.8. The lowest BCUT2D eigenvalue weighted by Crippen LogP contribution is -2.31. The highest BCUT2D eigenvalue weighted by atomic mass is 16.6. The summed E-state index contributed by atoms with van der Waals surface area (Å²) in [7, 11) is 0. The summed E-state index contributed by atoms with van der Waals surface area (Å²) >= 11 is 0. The molecular formula is C12H17N3O4. The molecule has 104 valence electrons. The molecule has 7 heteroatoms. The highest BCUT2D eigenvalue weighted by Gasteiger charge is 2.28. The van der Waals surface area contributed by atoms with E-state index >= 15 is 0 Å². The van der Waals surface area contributed by atoms with E-state index < -0.39 is 11.0 Å². The van der Waals surface area contributed by atoms with Gasteiger partial charge in [-0.25, -0.2) is 0 Å². The van der Waals surface area contributed by atoms with Crippen LogP contribution in [0.15, 0.2) is 12.3 Å². The summed E-state index contributed by atoms with van der Waals surface area (Å²) in [5.41, 5.74) is 0.249. The molecule has 0 saturated carbocycles. The van der Waals surface area contributed by atoms with Gasteiger partial charge >= 0.3 is 0 Å². The second-order valence-corrected chi connectivity index (χ2v) is 4.73. The smallest absolute Gasteiger partial charge is 0.287 e. The number of β-amino-alcohol motifs (C(OH)–C–C–N with tert-alkyl or cyclic N) is 1. The molecule has 1 aromatic heterocycles. The van der Waals surface area contributed by atoms with E-state index in [0.717, 1.165) is 6.42 Å². The molecule has 1 saturated heterocycles. The average molecular weight is 267 g/mol. The molecule has 19 heavy (non-hydrogen) atoms. The monoisotopic (exact) mass is 267 g/mol. The predicted octanol–water partition coefficient (Wildman–Crippen LogP) is 1.01. The van der Waals surface area contributed by atoms with E-state index in [1.54, 1.807) is 4.57 Å². The molecule has 1 aliphatic heterocycles. The Morgan fingerprint density at radius 3 is 2.89 bits per heavy atom. The van der Waals surface area contributed by atoms with Crippen LogP contribution in [0.2, 0.25) is 0 Å². The van der Waals surface area contributed by atoms with Crippen LogP contribution in [0.5, 0.6) is 0 Å². The van der Waals surface area contributed by atoms with Gasteiger partial charge in [-0.15, -0.1) is 0 Å². The molecule has 1 amide bonds. The Kier molecular flexibility index (Phi) is 3.84. The molecule has 1 aliphatic rings. The van der Waals surface area contributed by atoms with Gasteiger partial charge in [0.1, 0.15) is 5.69 Å². The summed E-state index contributed by atoms with van der Waals surface area (Å²) < 4.78 is 1.62. The first-order valence-corrected chi connectivity index (χ1v) is 6.34. The van der Waals surface area contributed by atoms with Crippen molar-refractivity contribution < 1.29 is 14.8 Å². The Labute approximate surface area is 110 Å². The van der Waals surface area contributed by atoms with Crippen LogP contribution in [0.25, 0.3) is 0 Å². The molecule has 2 rings (SSSR count). The molecule has 1 aromatic rings. The highest BCUT2D eigenvalue weighted by Crippen LogP contribution is 2.20. The number of aliphatic hydroxyl groups is 1. The molecule has 0 aliphatic carbocycles. The lowest BCUT2D eigenvalue weighted by Gasteiger charge is -2.16. The highest BCUT2D eigenvalue weighted by molar-refractivity contribution is 5.93. The number of aryl methyl sites for hydroxylation is 1. The Morgan fingerprint density at radius 2 is 2.37 bits per heavy atom. The molecule has 0 spiro atoms. The van der Waals surface area contributed by atoms with Crippen LogP contribution in [-0.2, 0) is 6.54 Å². The number of amides is 1. The topological polar surface area (TPSA) is 88.6 Å². The van der Waals surface area contributed by atoms with Crippen molar-refractivity contribution in [1.82, 2.24) is 9.47 Å². The van der Waals surface area contributed by atoms with Gasteiger partial charge in [-0.05, 0) is 12.8 Å². The first-order valence-electron chi connectivity index (χ1n) is 6.34. The zero-order chi connectivity index (χ0) is 14.0. The number of hydrogen-bond donors (Lipinski definition) is 1. The number of carbonyl (C=O) groups excluding carboxylic acids is 1. The first-order chi connectivity index (χ1) is 9.02. The van der Waals surface area contributed by atoms with Gasteiger partial charge in [0.2, 0.25) is 0 Å². The summed E-state index contributed by atoms with van der Waals surface area (Å²) in [6.45, 7) is 3.29. The van der Waals surface area contributed by atoms with Crippen LogP contribution >= 0.6 is 0 Å². The standard InChI is InChI=1S/C12H17N3O4/c1-2-4-13-7-9(15(18)19)6-11(13)12(17)14-5-3-10(16)8-14/h6-7,10,16H,2-5,8H2,1H3/t10-/m1/s1. The fourth-order valence-corrected chi connectivity index (χ4v) is 2.29. The molecule has 0 unspecified atom stereocenters. The van der Waals surface area contributed by atoms with Crippen molar-refractivity contribution in [1.29, 1.82) is 0 Å². The van der Waals surface area contributed by atoms with E-state index in [2.05, 4.69) is 0 Å². The molecule has 1 fully saturated rings. The van der Waals surface area contributed by atoms with Crippen LogP contribution in [0.4, 0.5) is 5.69 Å². The third-order valence-electron chi connectivity index (χ3n) is 3.23. The molecule has 0 bridgehead atoms. The van der Waals surface area contributed by atoms with E-state index in [1.807, 2.05) is 6.92 Å². The van der Waals surface area contributed by atoms with Crippen molar-refractivity contribution in [2.45, 2.75) is 32.4 Å². The Hall–Kier alpha value is -1.89. The van der Waals surface area contributed by atoms with Crippen LogP contribution in [-0.4, -0.2) is 44.6 Å². The third-order valence-corrected chi connectivity index (χ3v) is 3.23. The van der Waals surface area contributed by atoms with Gasteiger partial charge in [0.25, 0.3) is 11.6 Å². The molecular weight excluding hydrogens is 250 g/mol. The quantitative estimate of drug-likeness (QED) is 0.651. The van der Waals surface area contributed by atoms with Gasteiger partial charge in [-0.3, -0.25) is 14.9 Å². The number of nitro groups is 1. The Balaban J connectivity index is 2.26. The maximum absolute atomic E-state index is 12.3. The summed E-state index contributed by atoms with van der Waals surface area (Å²) in [5, 5.41) is 20.2. The van der Waals surface area contributed by atoms with Crippen molar-refractivity contribution in [2.75, 3.05) is 13.1 Å². The van der Waals surface area contributed by atoms with Gasteiger partial charge < -0.3 is 14.6 Å². The van der Waals surface area contributed by atoms with Crippen molar-refractivity contribution in [3.8, 4) is 0 Å². The average Bonchev–Trinajstić information content (AvgIpc) is 2.95. The number of nitrogens with zero attached hydrogens (tertiary/aromatic N) is 3. The summed E-state index contributed by atoms with van der Waals surface area (Å²) in [5.74, 6) is -0.252. The Bertz CT molecular complexity index is 497. The van der Waals surface area contributed by atoms with E-state index in [4.69, 9.17) is 0 Å². The maximum atomic E-state index is 12.3. The number of hydrogen-bond acceptors (Lipinski definition) is 4. The van der Waals surface area contributed by atoms with Crippen molar-refractivity contribution in [2.24, 2.45) is 0 Å². The molecule has 0 aromatic carbocycles. The van der Waals surface area contributed by atoms with Crippen LogP contribution in [0, 0.1) is 10.1 Å². The van der Waals surface area contributed by atoms with Gasteiger partial charge in [-0.2, -0.15) is 0 Å². The van der Waals surface area contributed by atoms with Crippen LogP contribution in [0.3, 0.4) is 0 Å².